The molecule has 0 bridgehead atoms. The fourth-order valence-corrected chi connectivity index (χ4v) is 10.5. The molecule has 1 aromatic heterocycles. The van der Waals surface area contributed by atoms with Crippen molar-refractivity contribution in [1.82, 2.24) is 10.2 Å². The molecule has 1 N–H and O–H groups in total. The molecule has 6 fully saturated rings. The Labute approximate surface area is 219 Å². The van der Waals surface area contributed by atoms with Crippen LogP contribution in [0.5, 0.6) is 0 Å². The van der Waals surface area contributed by atoms with Gasteiger partial charge in [-0.3, -0.25) is 9.69 Å². The fourth-order valence-electron chi connectivity index (χ4n) is 10.5. The van der Waals surface area contributed by atoms with Crippen molar-refractivity contribution < 1.29 is 18.7 Å². The van der Waals surface area contributed by atoms with E-state index in [1.807, 2.05) is 6.07 Å². The van der Waals surface area contributed by atoms with Gasteiger partial charge in [0, 0.05) is 56.5 Å². The van der Waals surface area contributed by atoms with E-state index in [0.717, 1.165) is 37.0 Å². The van der Waals surface area contributed by atoms with E-state index in [1.54, 1.807) is 6.26 Å². The van der Waals surface area contributed by atoms with Crippen LogP contribution < -0.4 is 10.9 Å². The summed E-state index contributed by atoms with van der Waals surface area (Å²) >= 11 is 0. The van der Waals surface area contributed by atoms with Gasteiger partial charge < -0.3 is 19.2 Å². The molecule has 2 saturated heterocycles. The summed E-state index contributed by atoms with van der Waals surface area (Å²) in [5.74, 6) is 1.64. The van der Waals surface area contributed by atoms with Crippen LogP contribution in [0, 0.1) is 28.6 Å². The van der Waals surface area contributed by atoms with Crippen LogP contribution in [0.2, 0.25) is 0 Å². The minimum atomic E-state index is -0.349. The summed E-state index contributed by atoms with van der Waals surface area (Å²) in [5, 5.41) is 3.51. The molecule has 7 rings (SSSR count). The molecule has 0 amide bonds. The zero-order chi connectivity index (χ0) is 25.6. The minimum Gasteiger partial charge on any atom is -0.459 e. The van der Waals surface area contributed by atoms with Crippen molar-refractivity contribution in [2.75, 3.05) is 26.2 Å². The van der Waals surface area contributed by atoms with Crippen molar-refractivity contribution >= 4 is 5.97 Å². The Balaban J connectivity index is 1.19. The van der Waals surface area contributed by atoms with Crippen LogP contribution in [0.1, 0.15) is 77.2 Å². The molecule has 0 radical (unpaired) electrons. The number of fused-ring (bicyclic) bond motifs is 3. The number of nitrogens with one attached hydrogen (secondary N) is 1. The summed E-state index contributed by atoms with van der Waals surface area (Å²) in [6.07, 6.45) is 9.89. The van der Waals surface area contributed by atoms with E-state index in [-0.39, 0.29) is 40.7 Å². The van der Waals surface area contributed by atoms with Gasteiger partial charge in [0.15, 0.2) is 0 Å². The lowest BCUT2D eigenvalue weighted by molar-refractivity contribution is -0.157. The average molecular weight is 511 g/mol. The minimum absolute atomic E-state index is 0.0190. The molecule has 4 aliphatic carbocycles. The molecular weight excluding hydrogens is 468 g/mol. The van der Waals surface area contributed by atoms with Crippen LogP contribution in [-0.4, -0.2) is 60.9 Å². The van der Waals surface area contributed by atoms with Crippen LogP contribution in [-0.2, 0) is 14.3 Å². The number of hydrogen-bond acceptors (Lipinski definition) is 7. The van der Waals surface area contributed by atoms with Crippen molar-refractivity contribution in [3.8, 4) is 0 Å². The van der Waals surface area contributed by atoms with E-state index in [4.69, 9.17) is 13.9 Å². The van der Waals surface area contributed by atoms with Gasteiger partial charge in [-0.25, -0.2) is 4.79 Å². The van der Waals surface area contributed by atoms with E-state index >= 15 is 0 Å². The summed E-state index contributed by atoms with van der Waals surface area (Å²) in [4.78, 5) is 26.7. The van der Waals surface area contributed by atoms with Gasteiger partial charge in [0.25, 0.3) is 0 Å². The van der Waals surface area contributed by atoms with Crippen molar-refractivity contribution in [1.29, 1.82) is 0 Å². The van der Waals surface area contributed by atoms with E-state index in [1.165, 1.54) is 64.6 Å². The first-order chi connectivity index (χ1) is 17.8. The first-order valence-electron chi connectivity index (χ1n) is 14.7. The molecule has 1 spiro atoms. The summed E-state index contributed by atoms with van der Waals surface area (Å²) in [6, 6.07) is 4.11. The van der Waals surface area contributed by atoms with Gasteiger partial charge in [0.2, 0.25) is 0 Å². The van der Waals surface area contributed by atoms with Crippen molar-refractivity contribution in [3.05, 3.63) is 34.4 Å². The molecule has 0 aromatic carbocycles. The largest absolute Gasteiger partial charge is 0.459 e. The summed E-state index contributed by atoms with van der Waals surface area (Å²) in [6.45, 7) is 11.1. The number of esters is 1. The Hall–Kier alpha value is -1.70. The lowest BCUT2D eigenvalue weighted by atomic mass is 9.44. The molecule has 202 valence electrons. The number of ether oxygens (including phenoxy) is 2. The van der Waals surface area contributed by atoms with E-state index in [9.17, 15) is 9.59 Å². The molecular formula is C30H42N2O5. The van der Waals surface area contributed by atoms with Crippen LogP contribution in [0.25, 0.3) is 0 Å². The van der Waals surface area contributed by atoms with E-state index in [2.05, 4.69) is 24.1 Å². The topological polar surface area (TPSA) is 84.3 Å². The maximum absolute atomic E-state index is 12.2. The predicted molar refractivity (Wildman–Crippen MR) is 138 cm³/mol. The average Bonchev–Trinajstić information content (AvgIpc) is 3.59. The van der Waals surface area contributed by atoms with Gasteiger partial charge in [-0.05, 0) is 79.7 Å². The van der Waals surface area contributed by atoms with Crippen molar-refractivity contribution in [2.45, 2.75) is 95.5 Å². The van der Waals surface area contributed by atoms with Crippen LogP contribution in [0.3, 0.4) is 0 Å². The molecule has 0 unspecified atom stereocenters. The second-order valence-corrected chi connectivity index (χ2v) is 13.4. The number of carbonyl (C=O) groups excluding carboxylic acids is 1. The van der Waals surface area contributed by atoms with Gasteiger partial charge in [-0.2, -0.15) is 0 Å². The van der Waals surface area contributed by atoms with Gasteiger partial charge in [0.05, 0.1) is 6.26 Å². The Kier molecular flexibility index (Phi) is 5.53. The van der Waals surface area contributed by atoms with Gasteiger partial charge in [0.1, 0.15) is 17.8 Å². The third-order valence-electron chi connectivity index (χ3n) is 12.1. The van der Waals surface area contributed by atoms with Crippen molar-refractivity contribution in [2.24, 2.45) is 28.6 Å². The normalized spacial score (nSPS) is 48.8. The molecule has 37 heavy (non-hydrogen) atoms. The molecule has 6 aliphatic rings. The molecule has 7 nitrogen and oxygen atoms in total. The first kappa shape index (κ1) is 24.3. The number of epoxide rings is 1. The second kappa shape index (κ2) is 8.40. The fraction of sp³-hybridized carbons (Fsp3) is 0.800. The van der Waals surface area contributed by atoms with E-state index in [0.29, 0.717) is 17.3 Å². The molecule has 1 aromatic rings. The van der Waals surface area contributed by atoms with Crippen LogP contribution in [0.4, 0.5) is 0 Å². The maximum atomic E-state index is 12.2. The number of piperazine rings is 1. The number of nitrogens with zero attached hydrogens (tertiary/aromatic N) is 1. The number of hydrogen-bond donors (Lipinski definition) is 1. The summed E-state index contributed by atoms with van der Waals surface area (Å²) in [7, 11) is 0. The van der Waals surface area contributed by atoms with Gasteiger partial charge in [-0.15, -0.1) is 0 Å². The highest BCUT2D eigenvalue weighted by molar-refractivity contribution is 5.66. The number of rotatable bonds is 3. The Morgan fingerprint density at radius 1 is 1.08 bits per heavy atom. The lowest BCUT2D eigenvalue weighted by Crippen LogP contribution is -2.59. The van der Waals surface area contributed by atoms with Crippen LogP contribution in [0.15, 0.2) is 27.6 Å². The highest BCUT2D eigenvalue weighted by Gasteiger charge is 2.84. The smallest absolute Gasteiger partial charge is 0.335 e. The van der Waals surface area contributed by atoms with Crippen molar-refractivity contribution in [3.63, 3.8) is 0 Å². The number of carbonyl (C=O) groups is 1. The first-order valence-corrected chi connectivity index (χ1v) is 14.7. The highest BCUT2D eigenvalue weighted by atomic mass is 16.7. The monoisotopic (exact) mass is 510 g/mol. The molecule has 4 saturated carbocycles. The second-order valence-electron chi connectivity index (χ2n) is 13.4. The lowest BCUT2D eigenvalue weighted by Gasteiger charge is -2.61. The highest BCUT2D eigenvalue weighted by Crippen LogP contribution is 2.78. The standard InChI is InChI=1S/C30H42N2O5/c1-18(33)36-26-25(19-4-7-24(34)35-17-19)29(3)11-9-22-23(30(29)27(26)37-30)6-5-20-16-21(8-10-28(20,22)2)32-14-12-31-13-15-32/h4,7,17,20-23,25-27,31H,5-6,8-16H2,1-3H3/t20-,21+,22+,23-,25+,26-,27-,28+,29-,30-/m1/s1. The molecule has 2 aliphatic heterocycles. The quantitative estimate of drug-likeness (QED) is 0.490. The Morgan fingerprint density at radius 3 is 2.62 bits per heavy atom. The predicted octanol–water partition coefficient (Wildman–Crippen LogP) is 3.71. The van der Waals surface area contributed by atoms with Gasteiger partial charge in [-0.1, -0.05) is 13.8 Å². The maximum Gasteiger partial charge on any atom is 0.335 e. The Bertz CT molecular complexity index is 1110. The van der Waals surface area contributed by atoms with E-state index < -0.39 is 0 Å². The molecule has 7 heteroatoms. The third kappa shape index (κ3) is 3.35. The summed E-state index contributed by atoms with van der Waals surface area (Å²) in [5.41, 5.74) is 0.561. The molecule has 3 heterocycles. The zero-order valence-corrected chi connectivity index (χ0v) is 22.5. The third-order valence-corrected chi connectivity index (χ3v) is 12.1. The SMILES string of the molecule is CC(=O)O[C@H]1[C@H]2O[C@]23[C@@H]2CC[C@@H]4C[C@@H](N5CCNCC5)CC[C@]4(C)[C@H]2CC[C@]3(C)[C@H]1c1ccc(=O)oc1. The Morgan fingerprint density at radius 2 is 1.89 bits per heavy atom. The summed E-state index contributed by atoms with van der Waals surface area (Å²) < 4.78 is 18.1. The van der Waals surface area contributed by atoms with Gasteiger partial charge >= 0.3 is 11.6 Å². The molecule has 10 atom stereocenters. The zero-order valence-electron chi connectivity index (χ0n) is 22.5. The van der Waals surface area contributed by atoms with Crippen LogP contribution >= 0.6 is 0 Å².